The molecule has 2 aromatic rings. The number of nitrogens with zero attached hydrogens (tertiary/aromatic N) is 1. The number of halogens is 1. The maximum absolute atomic E-state index is 5.90. The molecule has 0 spiro atoms. The summed E-state index contributed by atoms with van der Waals surface area (Å²) in [6.07, 6.45) is 7.07. The largest absolute Gasteiger partial charge is 0.457 e. The molecule has 0 fully saturated rings. The SMILES string of the molecule is ClCc1cnccc1Oc1ccc2c(c1)CCC2. The fraction of sp³-hybridized carbons (Fsp3) is 0.267. The van der Waals surface area contributed by atoms with Crippen molar-refractivity contribution in [1.29, 1.82) is 0 Å². The molecular weight excluding hydrogens is 246 g/mol. The van der Waals surface area contributed by atoms with Gasteiger partial charge in [0.25, 0.3) is 0 Å². The van der Waals surface area contributed by atoms with Crippen LogP contribution in [0.3, 0.4) is 0 Å². The van der Waals surface area contributed by atoms with Crippen molar-refractivity contribution in [2.75, 3.05) is 0 Å². The normalized spacial score (nSPS) is 13.4. The number of rotatable bonds is 3. The van der Waals surface area contributed by atoms with Gasteiger partial charge in [-0.15, -0.1) is 11.6 Å². The number of ether oxygens (including phenoxy) is 1. The van der Waals surface area contributed by atoms with Gasteiger partial charge in [0.2, 0.25) is 0 Å². The summed E-state index contributed by atoms with van der Waals surface area (Å²) in [6, 6.07) is 8.19. The first kappa shape index (κ1) is 11.5. The van der Waals surface area contributed by atoms with E-state index in [0.717, 1.165) is 23.5 Å². The highest BCUT2D eigenvalue weighted by molar-refractivity contribution is 6.17. The fourth-order valence-electron chi connectivity index (χ4n) is 2.35. The van der Waals surface area contributed by atoms with E-state index in [9.17, 15) is 0 Å². The molecule has 0 aliphatic heterocycles. The van der Waals surface area contributed by atoms with Crippen LogP contribution in [-0.2, 0) is 18.7 Å². The van der Waals surface area contributed by atoms with Gasteiger partial charge in [-0.2, -0.15) is 0 Å². The van der Waals surface area contributed by atoms with Crippen molar-refractivity contribution in [3.8, 4) is 11.5 Å². The van der Waals surface area contributed by atoms with Gasteiger partial charge < -0.3 is 4.74 Å². The van der Waals surface area contributed by atoms with E-state index in [4.69, 9.17) is 16.3 Å². The quantitative estimate of drug-likeness (QED) is 0.774. The maximum Gasteiger partial charge on any atom is 0.134 e. The second-order valence-corrected chi connectivity index (χ2v) is 4.77. The Bertz CT molecular complexity index is 568. The number of hydrogen-bond donors (Lipinski definition) is 0. The molecule has 0 atom stereocenters. The summed E-state index contributed by atoms with van der Waals surface area (Å²) in [5, 5.41) is 0. The first-order chi connectivity index (χ1) is 8.86. The van der Waals surface area contributed by atoms with E-state index in [1.807, 2.05) is 12.1 Å². The second kappa shape index (κ2) is 4.99. The Morgan fingerprint density at radius 1 is 1.17 bits per heavy atom. The predicted molar refractivity (Wildman–Crippen MR) is 72.3 cm³/mol. The summed E-state index contributed by atoms with van der Waals surface area (Å²) in [5.74, 6) is 2.08. The van der Waals surface area contributed by atoms with Crippen LogP contribution in [-0.4, -0.2) is 4.98 Å². The van der Waals surface area contributed by atoms with Crippen LogP contribution in [0.4, 0.5) is 0 Å². The van der Waals surface area contributed by atoms with Gasteiger partial charge in [0.05, 0.1) is 5.88 Å². The zero-order chi connectivity index (χ0) is 12.4. The minimum Gasteiger partial charge on any atom is -0.457 e. The third-order valence-corrected chi connectivity index (χ3v) is 3.59. The van der Waals surface area contributed by atoms with Crippen LogP contribution in [0, 0.1) is 0 Å². The molecule has 0 saturated heterocycles. The molecule has 1 heterocycles. The predicted octanol–water partition coefficient (Wildman–Crippen LogP) is 4.10. The first-order valence-electron chi connectivity index (χ1n) is 6.15. The molecule has 18 heavy (non-hydrogen) atoms. The summed E-state index contributed by atoms with van der Waals surface area (Å²) >= 11 is 5.87. The highest BCUT2D eigenvalue weighted by atomic mass is 35.5. The molecule has 1 aromatic heterocycles. The number of benzene rings is 1. The lowest BCUT2D eigenvalue weighted by Gasteiger charge is -2.10. The summed E-state index contributed by atoms with van der Waals surface area (Å²) < 4.78 is 5.90. The summed E-state index contributed by atoms with van der Waals surface area (Å²) in [7, 11) is 0. The fourth-order valence-corrected chi connectivity index (χ4v) is 2.55. The van der Waals surface area contributed by atoms with Gasteiger partial charge in [-0.05, 0) is 48.6 Å². The van der Waals surface area contributed by atoms with Crippen molar-refractivity contribution in [3.63, 3.8) is 0 Å². The second-order valence-electron chi connectivity index (χ2n) is 4.50. The van der Waals surface area contributed by atoms with Crippen LogP contribution in [0.15, 0.2) is 36.7 Å². The standard InChI is InChI=1S/C15H14ClNO/c16-9-13-10-17-7-6-15(13)18-14-5-4-11-2-1-3-12(11)8-14/h4-8,10H,1-3,9H2. The molecule has 0 N–H and O–H groups in total. The first-order valence-corrected chi connectivity index (χ1v) is 6.69. The smallest absolute Gasteiger partial charge is 0.134 e. The van der Waals surface area contributed by atoms with Crippen molar-refractivity contribution in [1.82, 2.24) is 4.98 Å². The number of aryl methyl sites for hydroxylation is 2. The highest BCUT2D eigenvalue weighted by Crippen LogP contribution is 2.30. The van der Waals surface area contributed by atoms with E-state index in [2.05, 4.69) is 17.1 Å². The third-order valence-electron chi connectivity index (χ3n) is 3.30. The average molecular weight is 260 g/mol. The Morgan fingerprint density at radius 2 is 2.06 bits per heavy atom. The molecule has 1 aliphatic carbocycles. The summed E-state index contributed by atoms with van der Waals surface area (Å²) in [4.78, 5) is 4.05. The molecule has 0 saturated carbocycles. The van der Waals surface area contributed by atoms with Crippen LogP contribution in [0.25, 0.3) is 0 Å². The molecular formula is C15H14ClNO. The number of hydrogen-bond acceptors (Lipinski definition) is 2. The molecule has 92 valence electrons. The molecule has 1 aromatic carbocycles. The maximum atomic E-state index is 5.90. The minimum absolute atomic E-state index is 0.411. The van der Waals surface area contributed by atoms with Crippen LogP contribution < -0.4 is 4.74 Å². The van der Waals surface area contributed by atoms with Crippen LogP contribution in [0.2, 0.25) is 0 Å². The number of aromatic nitrogens is 1. The average Bonchev–Trinajstić information content (AvgIpc) is 2.87. The van der Waals surface area contributed by atoms with Crippen LogP contribution >= 0.6 is 11.6 Å². The van der Waals surface area contributed by atoms with Crippen molar-refractivity contribution in [3.05, 3.63) is 53.3 Å². The zero-order valence-electron chi connectivity index (χ0n) is 10.0. The lowest BCUT2D eigenvalue weighted by Crippen LogP contribution is -1.92. The van der Waals surface area contributed by atoms with Gasteiger partial charge >= 0.3 is 0 Å². The van der Waals surface area contributed by atoms with E-state index in [0.29, 0.717) is 5.88 Å². The lowest BCUT2D eigenvalue weighted by molar-refractivity contribution is 0.477. The summed E-state index contributed by atoms with van der Waals surface area (Å²) in [5.41, 5.74) is 3.78. The molecule has 0 radical (unpaired) electrons. The zero-order valence-corrected chi connectivity index (χ0v) is 10.8. The van der Waals surface area contributed by atoms with Crippen molar-refractivity contribution < 1.29 is 4.74 Å². The van der Waals surface area contributed by atoms with Gasteiger partial charge in [-0.1, -0.05) is 6.07 Å². The Kier molecular flexibility index (Phi) is 3.20. The monoisotopic (exact) mass is 259 g/mol. The number of alkyl halides is 1. The van der Waals surface area contributed by atoms with Crippen molar-refractivity contribution in [2.45, 2.75) is 25.1 Å². The molecule has 0 amide bonds. The van der Waals surface area contributed by atoms with Crippen LogP contribution in [0.1, 0.15) is 23.1 Å². The minimum atomic E-state index is 0.411. The Hall–Kier alpha value is -1.54. The van der Waals surface area contributed by atoms with Gasteiger partial charge in [-0.25, -0.2) is 0 Å². The van der Waals surface area contributed by atoms with E-state index < -0.39 is 0 Å². The van der Waals surface area contributed by atoms with Gasteiger partial charge in [-0.3, -0.25) is 4.98 Å². The summed E-state index contributed by atoms with van der Waals surface area (Å²) in [6.45, 7) is 0. The van der Waals surface area contributed by atoms with Gasteiger partial charge in [0, 0.05) is 18.0 Å². The molecule has 3 rings (SSSR count). The highest BCUT2D eigenvalue weighted by Gasteiger charge is 2.12. The van der Waals surface area contributed by atoms with E-state index in [1.165, 1.54) is 24.0 Å². The van der Waals surface area contributed by atoms with E-state index in [-0.39, 0.29) is 0 Å². The molecule has 0 unspecified atom stereocenters. The molecule has 2 nitrogen and oxygen atoms in total. The van der Waals surface area contributed by atoms with Gasteiger partial charge in [0.15, 0.2) is 0 Å². The van der Waals surface area contributed by atoms with E-state index in [1.54, 1.807) is 12.4 Å². The lowest BCUT2D eigenvalue weighted by atomic mass is 10.1. The van der Waals surface area contributed by atoms with E-state index >= 15 is 0 Å². The van der Waals surface area contributed by atoms with Crippen molar-refractivity contribution in [2.24, 2.45) is 0 Å². The van der Waals surface area contributed by atoms with Crippen molar-refractivity contribution >= 4 is 11.6 Å². The Balaban J connectivity index is 1.88. The molecule has 0 bridgehead atoms. The van der Waals surface area contributed by atoms with Gasteiger partial charge in [0.1, 0.15) is 11.5 Å². The molecule has 1 aliphatic rings. The number of fused-ring (bicyclic) bond motifs is 1. The molecule has 3 heteroatoms. The third kappa shape index (κ3) is 2.21. The topological polar surface area (TPSA) is 22.1 Å². The van der Waals surface area contributed by atoms with Crippen LogP contribution in [0.5, 0.6) is 11.5 Å². The number of pyridine rings is 1. The Labute approximate surface area is 112 Å². The Morgan fingerprint density at radius 3 is 2.94 bits per heavy atom.